The van der Waals surface area contributed by atoms with Crippen molar-refractivity contribution >= 4 is 23.1 Å². The van der Waals surface area contributed by atoms with Crippen molar-refractivity contribution in [1.29, 1.82) is 0 Å². The van der Waals surface area contributed by atoms with Crippen molar-refractivity contribution in [2.75, 3.05) is 29.5 Å². The molecule has 0 bridgehead atoms. The molecule has 3 rings (SSSR count). The summed E-state index contributed by atoms with van der Waals surface area (Å²) < 4.78 is 0. The molecule has 4 heteroatoms. The number of anilines is 2. The largest absolute Gasteiger partial charge is 0.399 e. The number of aromatic nitrogens is 1. The molecule has 3 nitrogen and oxygen atoms in total. The number of thioether (sulfide) groups is 1. The lowest BCUT2D eigenvalue weighted by Crippen LogP contribution is -2.31. The topological polar surface area (TPSA) is 42.1 Å². The molecule has 0 amide bonds. The quantitative estimate of drug-likeness (QED) is 0.872. The maximum atomic E-state index is 5.91. The summed E-state index contributed by atoms with van der Waals surface area (Å²) in [4.78, 5) is 7.93. The van der Waals surface area contributed by atoms with Crippen LogP contribution in [0.4, 0.5) is 11.4 Å². The molecule has 98 valence electrons. The van der Waals surface area contributed by atoms with E-state index in [4.69, 9.17) is 5.73 Å². The molecule has 19 heavy (non-hydrogen) atoms. The van der Waals surface area contributed by atoms with Crippen LogP contribution in [0, 0.1) is 0 Å². The van der Waals surface area contributed by atoms with Crippen LogP contribution >= 0.6 is 11.8 Å². The first kappa shape index (κ1) is 12.4. The average molecular weight is 271 g/mol. The van der Waals surface area contributed by atoms with E-state index in [0.717, 1.165) is 31.0 Å². The molecule has 0 fully saturated rings. The zero-order valence-electron chi connectivity index (χ0n) is 10.7. The van der Waals surface area contributed by atoms with E-state index in [1.54, 1.807) is 0 Å². The van der Waals surface area contributed by atoms with E-state index in [2.05, 4.69) is 28.1 Å². The molecular formula is C15H17N3S. The van der Waals surface area contributed by atoms with E-state index in [0.29, 0.717) is 0 Å². The van der Waals surface area contributed by atoms with E-state index < -0.39 is 0 Å². The number of fused-ring (bicyclic) bond motifs is 1. The van der Waals surface area contributed by atoms with Gasteiger partial charge in [-0.3, -0.25) is 4.98 Å². The van der Waals surface area contributed by atoms with Gasteiger partial charge >= 0.3 is 0 Å². The van der Waals surface area contributed by atoms with Gasteiger partial charge in [-0.2, -0.15) is 0 Å². The van der Waals surface area contributed by atoms with Crippen molar-refractivity contribution in [2.45, 2.75) is 11.3 Å². The van der Waals surface area contributed by atoms with Crippen molar-refractivity contribution in [3.8, 4) is 0 Å². The molecule has 2 heterocycles. The Morgan fingerprint density at radius 2 is 2.26 bits per heavy atom. The van der Waals surface area contributed by atoms with Crippen molar-refractivity contribution in [1.82, 2.24) is 4.98 Å². The Bertz CT molecular complexity index is 557. The Kier molecular flexibility index (Phi) is 3.60. The summed E-state index contributed by atoms with van der Waals surface area (Å²) >= 11 is 1.91. The van der Waals surface area contributed by atoms with Gasteiger partial charge in [0.15, 0.2) is 0 Å². The highest BCUT2D eigenvalue weighted by atomic mass is 32.2. The number of nitrogen functional groups attached to an aromatic ring is 1. The van der Waals surface area contributed by atoms with E-state index in [9.17, 15) is 0 Å². The Balaban J connectivity index is 1.75. The van der Waals surface area contributed by atoms with Crippen LogP contribution in [0.3, 0.4) is 0 Å². The van der Waals surface area contributed by atoms with Gasteiger partial charge in [-0.15, -0.1) is 11.8 Å². The molecule has 1 aliphatic heterocycles. The summed E-state index contributed by atoms with van der Waals surface area (Å²) in [5.74, 6) is 1.14. The van der Waals surface area contributed by atoms with Crippen molar-refractivity contribution in [2.24, 2.45) is 0 Å². The molecule has 1 aliphatic rings. The molecule has 2 N–H and O–H groups in total. The third-order valence-corrected chi connectivity index (χ3v) is 4.38. The van der Waals surface area contributed by atoms with E-state index >= 15 is 0 Å². The number of hydrogen-bond donors (Lipinski definition) is 1. The lowest BCUT2D eigenvalue weighted by Gasteiger charge is -2.31. The van der Waals surface area contributed by atoms with Crippen LogP contribution < -0.4 is 10.6 Å². The van der Waals surface area contributed by atoms with Gasteiger partial charge in [0.2, 0.25) is 0 Å². The standard InChI is InChI=1S/C15H17N3S/c16-13-3-4-15-14(10-13)18(8-9-19-15)7-5-12-2-1-6-17-11-12/h1-4,6,10-11H,5,7-9,16H2. The Morgan fingerprint density at radius 1 is 1.32 bits per heavy atom. The number of nitrogens with zero attached hydrogens (tertiary/aromatic N) is 2. The molecule has 0 saturated carbocycles. The Labute approximate surface area is 117 Å². The molecule has 0 spiro atoms. The Morgan fingerprint density at radius 3 is 3.11 bits per heavy atom. The van der Waals surface area contributed by atoms with Crippen LogP contribution in [0.5, 0.6) is 0 Å². The van der Waals surface area contributed by atoms with Gasteiger partial charge in [0.05, 0.1) is 5.69 Å². The van der Waals surface area contributed by atoms with Crippen LogP contribution in [-0.4, -0.2) is 23.8 Å². The summed E-state index contributed by atoms with van der Waals surface area (Å²) in [7, 11) is 0. The van der Waals surface area contributed by atoms with Crippen molar-refractivity contribution in [3.63, 3.8) is 0 Å². The van der Waals surface area contributed by atoms with Gasteiger partial charge in [-0.25, -0.2) is 0 Å². The summed E-state index contributed by atoms with van der Waals surface area (Å²) in [6.07, 6.45) is 4.78. The Hall–Kier alpha value is -1.68. The fourth-order valence-electron chi connectivity index (χ4n) is 2.33. The second-order valence-electron chi connectivity index (χ2n) is 4.67. The van der Waals surface area contributed by atoms with Gasteiger partial charge in [0.25, 0.3) is 0 Å². The van der Waals surface area contributed by atoms with Crippen LogP contribution in [0.2, 0.25) is 0 Å². The van der Waals surface area contributed by atoms with Crippen molar-refractivity contribution in [3.05, 3.63) is 48.3 Å². The van der Waals surface area contributed by atoms with E-state index in [1.165, 1.54) is 16.1 Å². The first-order valence-corrected chi connectivity index (χ1v) is 7.48. The van der Waals surface area contributed by atoms with Gasteiger partial charge in [0, 0.05) is 41.8 Å². The highest BCUT2D eigenvalue weighted by Gasteiger charge is 2.17. The number of nitrogens with two attached hydrogens (primary N) is 1. The summed E-state index contributed by atoms with van der Waals surface area (Å²) in [6, 6.07) is 10.3. The summed E-state index contributed by atoms with van der Waals surface area (Å²) in [5, 5.41) is 0. The number of rotatable bonds is 3. The number of pyridine rings is 1. The van der Waals surface area contributed by atoms with Crippen LogP contribution in [0.1, 0.15) is 5.56 Å². The summed E-state index contributed by atoms with van der Waals surface area (Å²) in [5.41, 5.74) is 9.31. The van der Waals surface area contributed by atoms with Gasteiger partial charge in [-0.05, 0) is 36.2 Å². The van der Waals surface area contributed by atoms with Crippen molar-refractivity contribution < 1.29 is 0 Å². The molecule has 0 aliphatic carbocycles. The van der Waals surface area contributed by atoms with Gasteiger partial charge < -0.3 is 10.6 Å². The zero-order valence-corrected chi connectivity index (χ0v) is 11.6. The minimum absolute atomic E-state index is 0.840. The molecule has 1 aromatic heterocycles. The minimum atomic E-state index is 0.840. The fourth-order valence-corrected chi connectivity index (χ4v) is 3.36. The predicted octanol–water partition coefficient (Wildman–Crippen LogP) is 2.82. The van der Waals surface area contributed by atoms with Crippen LogP contribution in [0.15, 0.2) is 47.6 Å². The van der Waals surface area contributed by atoms with Crippen LogP contribution in [-0.2, 0) is 6.42 Å². The molecule has 0 radical (unpaired) electrons. The normalized spacial score (nSPS) is 14.2. The minimum Gasteiger partial charge on any atom is -0.399 e. The number of benzene rings is 1. The fraction of sp³-hybridized carbons (Fsp3) is 0.267. The summed E-state index contributed by atoms with van der Waals surface area (Å²) in [6.45, 7) is 2.10. The third-order valence-electron chi connectivity index (χ3n) is 3.34. The van der Waals surface area contributed by atoms with E-state index in [-0.39, 0.29) is 0 Å². The maximum Gasteiger partial charge on any atom is 0.0525 e. The van der Waals surface area contributed by atoms with Gasteiger partial charge in [0.1, 0.15) is 0 Å². The second-order valence-corrected chi connectivity index (χ2v) is 5.81. The number of hydrogen-bond acceptors (Lipinski definition) is 4. The SMILES string of the molecule is Nc1ccc2c(c1)N(CCc1cccnc1)CCS2. The average Bonchev–Trinajstić information content (AvgIpc) is 2.46. The molecule has 0 saturated heterocycles. The highest BCUT2D eigenvalue weighted by molar-refractivity contribution is 7.99. The predicted molar refractivity (Wildman–Crippen MR) is 81.7 cm³/mol. The molecular weight excluding hydrogens is 254 g/mol. The smallest absolute Gasteiger partial charge is 0.0525 e. The highest BCUT2D eigenvalue weighted by Crippen LogP contribution is 2.35. The van der Waals surface area contributed by atoms with Crippen LogP contribution in [0.25, 0.3) is 0 Å². The molecule has 1 aromatic carbocycles. The first-order chi connectivity index (χ1) is 9.33. The van der Waals surface area contributed by atoms with E-state index in [1.807, 2.05) is 36.3 Å². The monoisotopic (exact) mass is 271 g/mol. The lowest BCUT2D eigenvalue weighted by molar-refractivity contribution is 0.795. The second kappa shape index (κ2) is 5.53. The maximum absolute atomic E-state index is 5.91. The lowest BCUT2D eigenvalue weighted by atomic mass is 10.2. The first-order valence-electron chi connectivity index (χ1n) is 6.49. The zero-order chi connectivity index (χ0) is 13.1. The third kappa shape index (κ3) is 2.84. The molecule has 0 atom stereocenters. The van der Waals surface area contributed by atoms with Gasteiger partial charge in [-0.1, -0.05) is 6.07 Å². The molecule has 0 unspecified atom stereocenters. The molecule has 2 aromatic rings.